The molecule has 1 aliphatic rings. The second-order valence-electron chi connectivity index (χ2n) is 5.02. The smallest absolute Gasteiger partial charge is 0.173 e. The molecule has 2 aromatic rings. The molecule has 0 saturated carbocycles. The van der Waals surface area contributed by atoms with Gasteiger partial charge < -0.3 is 0 Å². The van der Waals surface area contributed by atoms with Crippen LogP contribution in [0.1, 0.15) is 15.9 Å². The number of hydrogen-bond donors (Lipinski definition) is 0. The molecule has 0 N–H and O–H groups in total. The molecule has 1 aliphatic carbocycles. The van der Waals surface area contributed by atoms with E-state index in [0.29, 0.717) is 0 Å². The Labute approximate surface area is 119 Å². The lowest BCUT2D eigenvalue weighted by molar-refractivity contribution is 0.0966. The number of hydrogen-bond acceptors (Lipinski definition) is 1. The van der Waals surface area contributed by atoms with Gasteiger partial charge in [0.2, 0.25) is 0 Å². The molecule has 0 bridgehead atoms. The minimum absolute atomic E-state index is 0.115. The fraction of sp³-hybridized carbons (Fsp3) is 0.105. The molecule has 3 rings (SSSR count). The first-order valence-electron chi connectivity index (χ1n) is 6.85. The summed E-state index contributed by atoms with van der Waals surface area (Å²) in [6, 6.07) is 19.8. The largest absolute Gasteiger partial charge is 0.293 e. The minimum atomic E-state index is -0.115. The molecule has 0 amide bonds. The van der Waals surface area contributed by atoms with Crippen molar-refractivity contribution in [3.8, 4) is 0 Å². The van der Waals surface area contributed by atoms with Gasteiger partial charge >= 0.3 is 0 Å². The number of carbonyl (C=O) groups excluding carboxylic acids is 1. The van der Waals surface area contributed by atoms with Gasteiger partial charge in [0, 0.05) is 5.56 Å². The van der Waals surface area contributed by atoms with E-state index in [1.54, 1.807) is 0 Å². The second-order valence-corrected chi connectivity index (χ2v) is 5.02. The zero-order valence-corrected chi connectivity index (χ0v) is 11.2. The highest BCUT2D eigenvalue weighted by atomic mass is 16.1. The molecule has 0 spiro atoms. The van der Waals surface area contributed by atoms with Crippen LogP contribution in [-0.2, 0) is 6.42 Å². The number of allylic oxidation sites excluding steroid dienone is 4. The number of ketones is 1. The lowest BCUT2D eigenvalue weighted by atomic mass is 9.98. The quantitative estimate of drug-likeness (QED) is 0.752. The first-order valence-corrected chi connectivity index (χ1v) is 6.85. The van der Waals surface area contributed by atoms with Gasteiger partial charge in [-0.15, -0.1) is 0 Å². The Kier molecular flexibility index (Phi) is 3.60. The van der Waals surface area contributed by atoms with Gasteiger partial charge in [0.15, 0.2) is 5.78 Å². The van der Waals surface area contributed by atoms with Gasteiger partial charge in [0.1, 0.15) is 0 Å². The van der Waals surface area contributed by atoms with Crippen LogP contribution >= 0.6 is 0 Å². The van der Waals surface area contributed by atoms with Crippen molar-refractivity contribution >= 4 is 5.78 Å². The van der Waals surface area contributed by atoms with Crippen molar-refractivity contribution in [2.45, 2.75) is 6.42 Å². The topological polar surface area (TPSA) is 17.1 Å². The molecular formula is C19H16O. The van der Waals surface area contributed by atoms with E-state index in [-0.39, 0.29) is 11.7 Å². The summed E-state index contributed by atoms with van der Waals surface area (Å²) in [5, 5.41) is 0. The third-order valence-electron chi connectivity index (χ3n) is 3.52. The predicted molar refractivity (Wildman–Crippen MR) is 81.6 cm³/mol. The molecule has 1 atom stereocenters. The van der Waals surface area contributed by atoms with E-state index in [9.17, 15) is 4.79 Å². The van der Waals surface area contributed by atoms with E-state index in [1.165, 1.54) is 11.1 Å². The van der Waals surface area contributed by atoms with Crippen LogP contribution in [0.4, 0.5) is 0 Å². The SMILES string of the molecule is O=C(c1ccccc1)C1C=CC(Cc2ccccc2)=C1. The average molecular weight is 260 g/mol. The van der Waals surface area contributed by atoms with Crippen molar-refractivity contribution in [3.05, 3.63) is 95.6 Å². The third-order valence-corrected chi connectivity index (χ3v) is 3.52. The maximum atomic E-state index is 12.3. The van der Waals surface area contributed by atoms with Gasteiger partial charge in [-0.25, -0.2) is 0 Å². The molecule has 0 aromatic heterocycles. The maximum absolute atomic E-state index is 12.3. The summed E-state index contributed by atoms with van der Waals surface area (Å²) in [4.78, 5) is 12.3. The van der Waals surface area contributed by atoms with Crippen LogP contribution in [0.5, 0.6) is 0 Å². The Balaban J connectivity index is 1.73. The van der Waals surface area contributed by atoms with E-state index in [0.717, 1.165) is 12.0 Å². The lowest BCUT2D eigenvalue weighted by Gasteiger charge is -2.04. The summed E-state index contributed by atoms with van der Waals surface area (Å²) in [7, 11) is 0. The van der Waals surface area contributed by atoms with Gasteiger partial charge in [0.05, 0.1) is 5.92 Å². The third kappa shape index (κ3) is 2.77. The van der Waals surface area contributed by atoms with Crippen LogP contribution in [0.15, 0.2) is 84.5 Å². The number of Topliss-reactive ketones (excluding diaryl/α,β-unsaturated/α-hetero) is 1. The first kappa shape index (κ1) is 12.6. The van der Waals surface area contributed by atoms with Crippen molar-refractivity contribution in [1.82, 2.24) is 0 Å². The van der Waals surface area contributed by atoms with Crippen molar-refractivity contribution in [2.24, 2.45) is 5.92 Å². The van der Waals surface area contributed by atoms with E-state index in [2.05, 4.69) is 24.3 Å². The summed E-state index contributed by atoms with van der Waals surface area (Å²) < 4.78 is 0. The fourth-order valence-corrected chi connectivity index (χ4v) is 2.48. The van der Waals surface area contributed by atoms with E-state index >= 15 is 0 Å². The van der Waals surface area contributed by atoms with Crippen molar-refractivity contribution in [1.29, 1.82) is 0 Å². The summed E-state index contributed by atoms with van der Waals surface area (Å²) in [6.07, 6.45) is 7.02. The van der Waals surface area contributed by atoms with Crippen LogP contribution in [0.25, 0.3) is 0 Å². The standard InChI is InChI=1S/C19H16O/c20-19(17-9-5-2-6-10-17)18-12-11-16(14-18)13-15-7-3-1-4-8-15/h1-12,14,18H,13H2. The zero-order chi connectivity index (χ0) is 13.8. The highest BCUT2D eigenvalue weighted by Gasteiger charge is 2.18. The van der Waals surface area contributed by atoms with Crippen LogP contribution in [0, 0.1) is 5.92 Å². The first-order chi connectivity index (χ1) is 9.83. The van der Waals surface area contributed by atoms with Crippen molar-refractivity contribution in [3.63, 3.8) is 0 Å². The molecule has 2 aromatic carbocycles. The molecule has 20 heavy (non-hydrogen) atoms. The Bertz CT molecular complexity index is 651. The summed E-state index contributed by atoms with van der Waals surface area (Å²) >= 11 is 0. The molecule has 0 heterocycles. The Hall–Kier alpha value is -2.41. The fourth-order valence-electron chi connectivity index (χ4n) is 2.48. The van der Waals surface area contributed by atoms with Gasteiger partial charge in [-0.1, -0.05) is 78.9 Å². The van der Waals surface area contributed by atoms with Crippen LogP contribution in [0.2, 0.25) is 0 Å². The molecule has 0 fully saturated rings. The molecule has 1 nitrogen and oxygen atoms in total. The van der Waals surface area contributed by atoms with Crippen molar-refractivity contribution < 1.29 is 4.79 Å². The van der Waals surface area contributed by atoms with Crippen LogP contribution in [-0.4, -0.2) is 5.78 Å². The van der Waals surface area contributed by atoms with Gasteiger partial charge in [-0.3, -0.25) is 4.79 Å². The van der Waals surface area contributed by atoms with Gasteiger partial charge in [-0.2, -0.15) is 0 Å². The van der Waals surface area contributed by atoms with Crippen LogP contribution in [0.3, 0.4) is 0 Å². The van der Waals surface area contributed by atoms with Gasteiger partial charge in [-0.05, 0) is 17.6 Å². The zero-order valence-electron chi connectivity index (χ0n) is 11.2. The predicted octanol–water partition coefficient (Wildman–Crippen LogP) is 4.22. The lowest BCUT2D eigenvalue weighted by Crippen LogP contribution is -2.08. The van der Waals surface area contributed by atoms with Crippen molar-refractivity contribution in [2.75, 3.05) is 0 Å². The Morgan fingerprint density at radius 2 is 1.55 bits per heavy atom. The number of carbonyl (C=O) groups is 1. The maximum Gasteiger partial charge on any atom is 0.173 e. The summed E-state index contributed by atoms with van der Waals surface area (Å²) in [6.45, 7) is 0. The Morgan fingerprint density at radius 1 is 0.900 bits per heavy atom. The Morgan fingerprint density at radius 3 is 2.25 bits per heavy atom. The van der Waals surface area contributed by atoms with E-state index in [1.807, 2.05) is 54.6 Å². The van der Waals surface area contributed by atoms with E-state index < -0.39 is 0 Å². The monoisotopic (exact) mass is 260 g/mol. The summed E-state index contributed by atoms with van der Waals surface area (Å²) in [5.74, 6) is 0.0565. The summed E-state index contributed by atoms with van der Waals surface area (Å²) in [5.41, 5.74) is 3.26. The molecular weight excluding hydrogens is 244 g/mol. The molecule has 1 heteroatoms. The van der Waals surface area contributed by atoms with Crippen LogP contribution < -0.4 is 0 Å². The second kappa shape index (κ2) is 5.70. The number of rotatable bonds is 4. The van der Waals surface area contributed by atoms with Gasteiger partial charge in [0.25, 0.3) is 0 Å². The molecule has 0 radical (unpaired) electrons. The molecule has 98 valence electrons. The highest BCUT2D eigenvalue weighted by molar-refractivity contribution is 6.00. The molecule has 1 unspecified atom stereocenters. The average Bonchev–Trinajstić information content (AvgIpc) is 2.97. The normalized spacial score (nSPS) is 17.0. The van der Waals surface area contributed by atoms with E-state index in [4.69, 9.17) is 0 Å². The molecule has 0 saturated heterocycles. The minimum Gasteiger partial charge on any atom is -0.293 e. The highest BCUT2D eigenvalue weighted by Crippen LogP contribution is 2.23. The molecule has 0 aliphatic heterocycles. The number of benzene rings is 2.